The highest BCUT2D eigenvalue weighted by Gasteiger charge is 2.19. The Morgan fingerprint density at radius 3 is 1.81 bits per heavy atom. The number of hydrogen-bond acceptors (Lipinski definition) is 2. The molecule has 0 aliphatic rings. The molecule has 0 unspecified atom stereocenters. The minimum Gasteiger partial charge on any atom is -0.494 e. The summed E-state index contributed by atoms with van der Waals surface area (Å²) in [7, 11) is 0. The van der Waals surface area contributed by atoms with Gasteiger partial charge in [0.05, 0.1) is 13.2 Å². The molecule has 37 heavy (non-hydrogen) atoms. The van der Waals surface area contributed by atoms with E-state index in [-0.39, 0.29) is 5.82 Å². The zero-order valence-corrected chi connectivity index (χ0v) is 21.0. The van der Waals surface area contributed by atoms with Crippen LogP contribution in [0.1, 0.15) is 13.8 Å². The number of rotatable bonds is 8. The third kappa shape index (κ3) is 5.26. The van der Waals surface area contributed by atoms with Gasteiger partial charge in [-0.1, -0.05) is 78.9 Å². The van der Waals surface area contributed by atoms with Crippen molar-refractivity contribution in [2.24, 2.45) is 0 Å². The van der Waals surface area contributed by atoms with Gasteiger partial charge in [-0.15, -0.1) is 0 Å². The van der Waals surface area contributed by atoms with Crippen LogP contribution in [-0.2, 0) is 0 Å². The molecule has 183 valence electrons. The molecular formula is C34H28FO2. The second-order valence-corrected chi connectivity index (χ2v) is 8.62. The van der Waals surface area contributed by atoms with Crippen LogP contribution in [0.25, 0.3) is 44.5 Å². The maximum absolute atomic E-state index is 13.7. The van der Waals surface area contributed by atoms with Crippen molar-refractivity contribution in [3.63, 3.8) is 0 Å². The van der Waals surface area contributed by atoms with E-state index in [2.05, 4.69) is 42.5 Å². The summed E-state index contributed by atoms with van der Waals surface area (Å²) >= 11 is 0. The van der Waals surface area contributed by atoms with E-state index in [0.29, 0.717) is 13.2 Å². The van der Waals surface area contributed by atoms with Gasteiger partial charge in [-0.3, -0.25) is 0 Å². The number of ether oxygens (including phenoxy) is 2. The number of hydrogen-bond donors (Lipinski definition) is 0. The van der Waals surface area contributed by atoms with Gasteiger partial charge >= 0.3 is 0 Å². The van der Waals surface area contributed by atoms with E-state index in [9.17, 15) is 4.39 Å². The van der Waals surface area contributed by atoms with Crippen molar-refractivity contribution in [2.45, 2.75) is 13.8 Å². The second-order valence-electron chi connectivity index (χ2n) is 8.62. The SMILES string of the molecule is CCOc1ccc(-c2c(-c3ccc(-c4ccccc4)cc3)[c]cc(-c3ccc(F)cc3)c2OCC)cc1. The minimum absolute atomic E-state index is 0.271. The number of benzene rings is 5. The van der Waals surface area contributed by atoms with Gasteiger partial charge < -0.3 is 9.47 Å². The van der Waals surface area contributed by atoms with E-state index in [1.165, 1.54) is 17.7 Å². The van der Waals surface area contributed by atoms with Gasteiger partial charge in [0.15, 0.2) is 0 Å². The van der Waals surface area contributed by atoms with Crippen LogP contribution in [0.15, 0.2) is 109 Å². The molecule has 0 bridgehead atoms. The highest BCUT2D eigenvalue weighted by Crippen LogP contribution is 2.45. The average molecular weight is 488 g/mol. The van der Waals surface area contributed by atoms with Gasteiger partial charge in [-0.2, -0.15) is 0 Å². The van der Waals surface area contributed by atoms with Crippen molar-refractivity contribution in [3.05, 3.63) is 121 Å². The number of halogens is 1. The molecule has 0 N–H and O–H groups in total. The lowest BCUT2D eigenvalue weighted by Crippen LogP contribution is -2.00. The summed E-state index contributed by atoms with van der Waals surface area (Å²) in [6, 6.07) is 38.8. The summed E-state index contributed by atoms with van der Waals surface area (Å²) in [6.07, 6.45) is 0. The van der Waals surface area contributed by atoms with Crippen molar-refractivity contribution in [1.29, 1.82) is 0 Å². The van der Waals surface area contributed by atoms with Gasteiger partial charge in [0.2, 0.25) is 0 Å². The first kappa shape index (κ1) is 24.3. The normalized spacial score (nSPS) is 10.8. The molecule has 3 heteroatoms. The lowest BCUT2D eigenvalue weighted by Gasteiger charge is -2.20. The summed E-state index contributed by atoms with van der Waals surface area (Å²) in [5.74, 6) is 1.29. The lowest BCUT2D eigenvalue weighted by atomic mass is 9.89. The van der Waals surface area contributed by atoms with Gasteiger partial charge in [0, 0.05) is 16.7 Å². The second kappa shape index (κ2) is 11.1. The molecule has 0 aromatic heterocycles. The van der Waals surface area contributed by atoms with Gasteiger partial charge in [-0.05, 0) is 78.1 Å². The highest BCUT2D eigenvalue weighted by molar-refractivity contribution is 5.93. The molecule has 0 fully saturated rings. The third-order valence-corrected chi connectivity index (χ3v) is 6.26. The standard InChI is InChI=1S/C34H28FO2/c1-3-36-30-20-16-28(17-21-30)33-31(26-12-10-25(11-13-26)24-8-6-5-7-9-24)22-23-32(34(33)37-4-2)27-14-18-29(35)19-15-27/h5-21,23H,3-4H2,1-2H3. The van der Waals surface area contributed by atoms with Gasteiger partial charge in [-0.25, -0.2) is 4.39 Å². The minimum atomic E-state index is -0.271. The topological polar surface area (TPSA) is 18.5 Å². The maximum Gasteiger partial charge on any atom is 0.135 e. The van der Waals surface area contributed by atoms with Crippen molar-refractivity contribution in [2.75, 3.05) is 13.2 Å². The zero-order valence-electron chi connectivity index (χ0n) is 21.0. The Kier molecular flexibility index (Phi) is 7.32. The Labute approximate surface area is 218 Å². The summed E-state index contributed by atoms with van der Waals surface area (Å²) in [5, 5.41) is 0. The fourth-order valence-electron chi connectivity index (χ4n) is 4.52. The molecule has 2 nitrogen and oxygen atoms in total. The summed E-state index contributed by atoms with van der Waals surface area (Å²) in [4.78, 5) is 0. The Balaban J connectivity index is 1.68. The predicted octanol–water partition coefficient (Wildman–Crippen LogP) is 9.09. The van der Waals surface area contributed by atoms with Crippen molar-refractivity contribution in [1.82, 2.24) is 0 Å². The quantitative estimate of drug-likeness (QED) is 0.217. The van der Waals surface area contributed by atoms with Gasteiger partial charge in [0.1, 0.15) is 17.3 Å². The molecular weight excluding hydrogens is 459 g/mol. The Morgan fingerprint density at radius 2 is 1.16 bits per heavy atom. The van der Waals surface area contributed by atoms with E-state index >= 15 is 0 Å². The molecule has 0 aliphatic heterocycles. The smallest absolute Gasteiger partial charge is 0.135 e. The molecule has 0 saturated carbocycles. The van der Waals surface area contributed by atoms with Crippen LogP contribution < -0.4 is 9.47 Å². The van der Waals surface area contributed by atoms with Gasteiger partial charge in [0.25, 0.3) is 0 Å². The van der Waals surface area contributed by atoms with E-state index < -0.39 is 0 Å². The molecule has 0 spiro atoms. The van der Waals surface area contributed by atoms with Crippen LogP contribution in [-0.4, -0.2) is 13.2 Å². The van der Waals surface area contributed by atoms with Crippen LogP contribution in [0.5, 0.6) is 11.5 Å². The molecule has 5 aromatic carbocycles. The monoisotopic (exact) mass is 487 g/mol. The van der Waals surface area contributed by atoms with Crippen LogP contribution in [0.3, 0.4) is 0 Å². The third-order valence-electron chi connectivity index (χ3n) is 6.26. The van der Waals surface area contributed by atoms with Crippen molar-refractivity contribution >= 4 is 0 Å². The predicted molar refractivity (Wildman–Crippen MR) is 149 cm³/mol. The molecule has 0 amide bonds. The Hall–Kier alpha value is -4.37. The fraction of sp³-hybridized carbons (Fsp3) is 0.118. The largest absolute Gasteiger partial charge is 0.494 e. The van der Waals surface area contributed by atoms with E-state index in [0.717, 1.165) is 50.4 Å². The Bertz CT molecular complexity index is 1460. The summed E-state index contributed by atoms with van der Waals surface area (Å²) in [6.45, 7) is 5.05. The lowest BCUT2D eigenvalue weighted by molar-refractivity contribution is 0.340. The zero-order chi connectivity index (χ0) is 25.6. The average Bonchev–Trinajstić information content (AvgIpc) is 2.95. The first-order valence-electron chi connectivity index (χ1n) is 12.5. The Morgan fingerprint density at radius 1 is 0.595 bits per heavy atom. The molecule has 1 radical (unpaired) electrons. The molecule has 5 rings (SSSR count). The summed E-state index contributed by atoms with van der Waals surface area (Å²) in [5.41, 5.74) is 7.99. The molecule has 5 aromatic rings. The first-order chi connectivity index (χ1) is 18.2. The van der Waals surface area contributed by atoms with E-state index in [4.69, 9.17) is 9.47 Å². The van der Waals surface area contributed by atoms with Crippen LogP contribution in [0.4, 0.5) is 4.39 Å². The summed E-state index contributed by atoms with van der Waals surface area (Å²) < 4.78 is 25.7. The molecule has 0 heterocycles. The molecule has 0 aliphatic carbocycles. The van der Waals surface area contributed by atoms with E-state index in [1.807, 2.05) is 62.4 Å². The molecule has 0 saturated heterocycles. The van der Waals surface area contributed by atoms with Crippen LogP contribution >= 0.6 is 0 Å². The van der Waals surface area contributed by atoms with Crippen LogP contribution in [0, 0.1) is 11.9 Å². The van der Waals surface area contributed by atoms with Crippen molar-refractivity contribution in [3.8, 4) is 56.0 Å². The van der Waals surface area contributed by atoms with E-state index in [1.54, 1.807) is 12.1 Å². The maximum atomic E-state index is 13.7. The molecule has 0 atom stereocenters. The fourth-order valence-corrected chi connectivity index (χ4v) is 4.52. The highest BCUT2D eigenvalue weighted by atomic mass is 19.1. The van der Waals surface area contributed by atoms with Crippen molar-refractivity contribution < 1.29 is 13.9 Å². The van der Waals surface area contributed by atoms with Crippen LogP contribution in [0.2, 0.25) is 0 Å². The first-order valence-corrected chi connectivity index (χ1v) is 12.5.